The van der Waals surface area contributed by atoms with Crippen LogP contribution < -0.4 is 10.3 Å². The van der Waals surface area contributed by atoms with Gasteiger partial charge in [0.1, 0.15) is 5.75 Å². The molecule has 0 radical (unpaired) electrons. The fourth-order valence-corrected chi connectivity index (χ4v) is 9.17. The number of nitrogens with zero attached hydrogens (tertiary/aromatic N) is 3. The van der Waals surface area contributed by atoms with Gasteiger partial charge in [0.05, 0.1) is 39.4 Å². The number of rotatable bonds is 6. The number of anilines is 2. The monoisotopic (exact) mass is 772 g/mol. The molecule has 14 heteroatoms. The molecule has 0 spiro atoms. The van der Waals surface area contributed by atoms with Crippen LogP contribution in [0.2, 0.25) is 10.0 Å². The SMILES string of the molecule is C=Cc1ccc(N2C(=O)[C@H]3[C@H](CC=C4[C@H]3C[C@H]3C(=O)N(Nc5ncc(C(F)(F)F)cc5Cl)C(=O)[C@@]3(c3ccc(Cl)cc3)[C@H]4c3ccc(O)cc3)C2=O)cc1. The minimum absolute atomic E-state index is 0.0244. The van der Waals surface area contributed by atoms with Crippen LogP contribution in [-0.4, -0.2) is 38.7 Å². The highest BCUT2D eigenvalue weighted by molar-refractivity contribution is 6.33. The van der Waals surface area contributed by atoms with E-state index in [0.29, 0.717) is 39.7 Å². The van der Waals surface area contributed by atoms with Crippen molar-refractivity contribution in [2.45, 2.75) is 30.4 Å². The number of hydrogen-bond donors (Lipinski definition) is 2. The number of benzene rings is 3. The lowest BCUT2D eigenvalue weighted by Crippen LogP contribution is -2.53. The predicted molar refractivity (Wildman–Crippen MR) is 194 cm³/mol. The Morgan fingerprint density at radius 1 is 0.907 bits per heavy atom. The number of pyridine rings is 1. The number of fused-ring (bicyclic) bond motifs is 4. The lowest BCUT2D eigenvalue weighted by molar-refractivity contribution is -0.139. The molecule has 2 saturated heterocycles. The first kappa shape index (κ1) is 35.6. The van der Waals surface area contributed by atoms with Crippen molar-refractivity contribution in [3.8, 4) is 5.75 Å². The van der Waals surface area contributed by atoms with Gasteiger partial charge in [-0.2, -0.15) is 18.2 Å². The summed E-state index contributed by atoms with van der Waals surface area (Å²) in [6.45, 7) is 3.76. The van der Waals surface area contributed by atoms with Crippen molar-refractivity contribution < 1.29 is 37.5 Å². The molecule has 0 unspecified atom stereocenters. The molecule has 9 nitrogen and oxygen atoms in total. The van der Waals surface area contributed by atoms with Crippen molar-refractivity contribution in [3.05, 3.63) is 136 Å². The van der Waals surface area contributed by atoms with Gasteiger partial charge < -0.3 is 5.11 Å². The number of hydrogen-bond acceptors (Lipinski definition) is 7. The van der Waals surface area contributed by atoms with Gasteiger partial charge in [-0.15, -0.1) is 0 Å². The van der Waals surface area contributed by atoms with E-state index < -0.39 is 69.5 Å². The van der Waals surface area contributed by atoms with Gasteiger partial charge in [-0.1, -0.05) is 83.9 Å². The van der Waals surface area contributed by atoms with Crippen molar-refractivity contribution in [1.29, 1.82) is 0 Å². The van der Waals surface area contributed by atoms with Crippen LogP contribution in [0, 0.1) is 23.7 Å². The zero-order chi connectivity index (χ0) is 38.3. The normalized spacial score (nSPS) is 26.3. The van der Waals surface area contributed by atoms with E-state index >= 15 is 4.79 Å². The average Bonchev–Trinajstić information content (AvgIpc) is 3.53. The molecule has 0 bridgehead atoms. The van der Waals surface area contributed by atoms with Crippen molar-refractivity contribution in [2.75, 3.05) is 10.3 Å². The standard InChI is InChI=1S/C40H29Cl2F3N4O5/c1-2-20-3-11-25(12-4-20)48-35(51)28-16-15-27-29(32(28)37(48)53)18-30-36(52)49(47-34-31(42)17-23(19-46-34)40(43,44)45)38(54)39(30,22-7-9-24(41)10-8-22)33(27)21-5-13-26(50)14-6-21/h2-15,17,19,28-30,32-33,50H,1,16,18H2,(H,46,47)/t28-,29+,30-,32-,33-,39+/m0/s1. The maximum atomic E-state index is 15.2. The number of amides is 4. The molecule has 3 fully saturated rings. The number of hydrazine groups is 1. The van der Waals surface area contributed by atoms with Crippen molar-refractivity contribution >= 4 is 64.4 Å². The first-order valence-electron chi connectivity index (χ1n) is 17.0. The molecular formula is C40H29Cl2F3N4O5. The van der Waals surface area contributed by atoms with Gasteiger partial charge in [-0.3, -0.25) is 29.5 Å². The van der Waals surface area contributed by atoms with Gasteiger partial charge in [-0.05, 0) is 77.9 Å². The highest BCUT2D eigenvalue weighted by atomic mass is 35.5. The van der Waals surface area contributed by atoms with Gasteiger partial charge in [0.25, 0.3) is 11.8 Å². The summed E-state index contributed by atoms with van der Waals surface area (Å²) in [4.78, 5) is 63.4. The fourth-order valence-electron chi connectivity index (χ4n) is 8.84. The Morgan fingerprint density at radius 2 is 1.59 bits per heavy atom. The molecule has 8 rings (SSSR count). The van der Waals surface area contributed by atoms with Crippen LogP contribution in [0.15, 0.2) is 103 Å². The first-order valence-corrected chi connectivity index (χ1v) is 17.7. The van der Waals surface area contributed by atoms with Gasteiger partial charge in [0.2, 0.25) is 11.8 Å². The molecule has 1 aromatic heterocycles. The van der Waals surface area contributed by atoms with Crippen molar-refractivity contribution in [1.82, 2.24) is 9.99 Å². The molecule has 274 valence electrons. The Morgan fingerprint density at radius 3 is 2.22 bits per heavy atom. The molecular weight excluding hydrogens is 744 g/mol. The Balaban J connectivity index is 1.29. The predicted octanol–water partition coefficient (Wildman–Crippen LogP) is 7.95. The van der Waals surface area contributed by atoms with Crippen LogP contribution in [0.1, 0.15) is 41.0 Å². The summed E-state index contributed by atoms with van der Waals surface area (Å²) in [6, 6.07) is 20.1. The number of carbonyl (C=O) groups is 4. The minimum Gasteiger partial charge on any atom is -0.508 e. The first-order chi connectivity index (χ1) is 25.7. The van der Waals surface area contributed by atoms with Crippen LogP contribution >= 0.6 is 23.2 Å². The van der Waals surface area contributed by atoms with Crippen LogP contribution in [-0.2, 0) is 30.8 Å². The number of phenols is 1. The third-order valence-electron chi connectivity index (χ3n) is 11.2. The molecule has 3 aromatic carbocycles. The summed E-state index contributed by atoms with van der Waals surface area (Å²) in [5, 5.41) is 10.9. The summed E-state index contributed by atoms with van der Waals surface area (Å²) in [7, 11) is 0. The van der Waals surface area contributed by atoms with E-state index in [2.05, 4.69) is 17.0 Å². The average molecular weight is 774 g/mol. The number of imide groups is 2. The van der Waals surface area contributed by atoms with Gasteiger partial charge in [0.15, 0.2) is 5.82 Å². The van der Waals surface area contributed by atoms with E-state index in [1.165, 1.54) is 17.0 Å². The maximum Gasteiger partial charge on any atom is 0.417 e. The third kappa shape index (κ3) is 5.33. The number of halogens is 5. The smallest absolute Gasteiger partial charge is 0.417 e. The largest absolute Gasteiger partial charge is 0.508 e. The number of phenolic OH excluding ortho intramolecular Hbond substituents is 1. The molecule has 3 heterocycles. The van der Waals surface area contributed by atoms with Gasteiger partial charge in [-0.25, -0.2) is 4.98 Å². The lowest BCUT2D eigenvalue weighted by atomic mass is 9.49. The minimum atomic E-state index is -4.75. The van der Waals surface area contributed by atoms with Crippen LogP contribution in [0.5, 0.6) is 5.75 Å². The zero-order valence-electron chi connectivity index (χ0n) is 28.1. The second-order valence-corrected chi connectivity index (χ2v) is 14.7. The van der Waals surface area contributed by atoms with E-state index in [1.807, 2.05) is 6.08 Å². The molecule has 4 amide bonds. The van der Waals surface area contributed by atoms with Crippen molar-refractivity contribution in [2.24, 2.45) is 23.7 Å². The van der Waals surface area contributed by atoms with Crippen LogP contribution in [0.4, 0.5) is 24.7 Å². The lowest BCUT2D eigenvalue weighted by Gasteiger charge is -2.50. The number of allylic oxidation sites excluding steroid dienone is 2. The molecule has 2 N–H and O–H groups in total. The van der Waals surface area contributed by atoms with Crippen LogP contribution in [0.25, 0.3) is 6.08 Å². The highest BCUT2D eigenvalue weighted by Crippen LogP contribution is 2.64. The van der Waals surface area contributed by atoms with Crippen molar-refractivity contribution in [3.63, 3.8) is 0 Å². The summed E-state index contributed by atoms with van der Waals surface area (Å²) < 4.78 is 40.3. The number of aromatic nitrogens is 1. The molecule has 4 aliphatic rings. The summed E-state index contributed by atoms with van der Waals surface area (Å²) in [5.41, 5.74) is 2.64. The molecule has 54 heavy (non-hydrogen) atoms. The number of alkyl halides is 3. The number of carbonyl (C=O) groups excluding carboxylic acids is 4. The van der Waals surface area contributed by atoms with Gasteiger partial charge >= 0.3 is 6.18 Å². The zero-order valence-corrected chi connectivity index (χ0v) is 29.6. The maximum absolute atomic E-state index is 15.2. The topological polar surface area (TPSA) is 120 Å². The van der Waals surface area contributed by atoms with E-state index in [1.54, 1.807) is 66.7 Å². The second kappa shape index (κ2) is 12.8. The van der Waals surface area contributed by atoms with E-state index in [-0.39, 0.29) is 30.3 Å². The molecule has 4 aromatic rings. The molecule has 2 aliphatic carbocycles. The summed E-state index contributed by atoms with van der Waals surface area (Å²) in [5.74, 6) is -7.01. The molecule has 2 aliphatic heterocycles. The highest BCUT2D eigenvalue weighted by Gasteiger charge is 2.70. The number of aromatic hydroxyl groups is 1. The number of nitrogens with one attached hydrogen (secondary N) is 1. The Bertz CT molecular complexity index is 2280. The fraction of sp³-hybridized carbons (Fsp3) is 0.225. The Kier molecular flexibility index (Phi) is 8.46. The molecule has 1 saturated carbocycles. The van der Waals surface area contributed by atoms with Crippen LogP contribution in [0.3, 0.4) is 0 Å². The van der Waals surface area contributed by atoms with Gasteiger partial charge in [0, 0.05) is 17.1 Å². The Hall–Kier alpha value is -5.46. The van der Waals surface area contributed by atoms with E-state index in [9.17, 15) is 32.7 Å². The summed E-state index contributed by atoms with van der Waals surface area (Å²) >= 11 is 12.6. The van der Waals surface area contributed by atoms with E-state index in [0.717, 1.165) is 10.6 Å². The summed E-state index contributed by atoms with van der Waals surface area (Å²) in [6.07, 6.45) is -0.512. The second-order valence-electron chi connectivity index (χ2n) is 13.8. The Labute approximate surface area is 316 Å². The molecule has 6 atom stereocenters. The third-order valence-corrected chi connectivity index (χ3v) is 11.7. The quantitative estimate of drug-likeness (QED) is 0.151. The van der Waals surface area contributed by atoms with E-state index in [4.69, 9.17) is 23.2 Å².